The molecule has 1 unspecified atom stereocenters. The number of halogens is 1. The summed E-state index contributed by atoms with van der Waals surface area (Å²) in [5.74, 6) is -0.0977. The molecule has 4 heteroatoms. The first-order valence-corrected chi connectivity index (χ1v) is 6.02. The van der Waals surface area contributed by atoms with Gasteiger partial charge in [-0.3, -0.25) is 4.79 Å². The average Bonchev–Trinajstić information content (AvgIpc) is 2.21. The van der Waals surface area contributed by atoms with Crippen LogP contribution in [0.25, 0.3) is 0 Å². The third-order valence-electron chi connectivity index (χ3n) is 2.29. The monoisotopic (exact) mass is 285 g/mol. The summed E-state index contributed by atoms with van der Waals surface area (Å²) >= 11 is 3.34. The molecule has 0 heterocycles. The lowest BCUT2D eigenvalue weighted by atomic mass is 10.1. The summed E-state index contributed by atoms with van der Waals surface area (Å²) in [5, 5.41) is 11.9. The molecule has 0 spiro atoms. The molecule has 0 aliphatic heterocycles. The Kier molecular flexibility index (Phi) is 4.96. The van der Waals surface area contributed by atoms with Crippen LogP contribution in [0.5, 0.6) is 0 Å². The predicted octanol–water partition coefficient (Wildman–Crippen LogP) is 2.26. The van der Waals surface area contributed by atoms with Crippen molar-refractivity contribution in [3.05, 3.63) is 33.8 Å². The van der Waals surface area contributed by atoms with Crippen LogP contribution in [-0.4, -0.2) is 23.7 Å². The molecule has 88 valence electrons. The van der Waals surface area contributed by atoms with E-state index in [1.54, 1.807) is 13.0 Å². The Morgan fingerprint density at radius 1 is 1.56 bits per heavy atom. The summed E-state index contributed by atoms with van der Waals surface area (Å²) < 4.78 is 0.888. The number of benzene rings is 1. The number of nitrogens with one attached hydrogen (secondary N) is 1. The molecule has 0 aromatic heterocycles. The third kappa shape index (κ3) is 3.94. The van der Waals surface area contributed by atoms with Gasteiger partial charge in [0.15, 0.2) is 0 Å². The minimum atomic E-state index is -0.385. The highest BCUT2D eigenvalue weighted by Gasteiger charge is 2.09. The van der Waals surface area contributed by atoms with Crippen LogP contribution >= 0.6 is 15.9 Å². The number of aliphatic hydroxyl groups is 1. The Labute approximate surface area is 104 Å². The van der Waals surface area contributed by atoms with E-state index in [0.29, 0.717) is 18.5 Å². The molecule has 0 aliphatic carbocycles. The molecule has 0 saturated heterocycles. The van der Waals surface area contributed by atoms with Crippen LogP contribution in [0, 0.1) is 6.92 Å². The summed E-state index contributed by atoms with van der Waals surface area (Å²) in [5.41, 5.74) is 1.61. The van der Waals surface area contributed by atoms with E-state index in [0.717, 1.165) is 10.0 Å². The number of carbonyl (C=O) groups is 1. The molecule has 1 aromatic carbocycles. The smallest absolute Gasteiger partial charge is 0.251 e. The van der Waals surface area contributed by atoms with E-state index < -0.39 is 0 Å². The van der Waals surface area contributed by atoms with Gasteiger partial charge < -0.3 is 10.4 Å². The maximum atomic E-state index is 11.8. The molecule has 2 N–H and O–H groups in total. The number of rotatable bonds is 4. The van der Waals surface area contributed by atoms with Gasteiger partial charge >= 0.3 is 0 Å². The fourth-order valence-electron chi connectivity index (χ4n) is 1.33. The zero-order valence-corrected chi connectivity index (χ0v) is 11.0. The van der Waals surface area contributed by atoms with Gasteiger partial charge in [0.2, 0.25) is 0 Å². The maximum absolute atomic E-state index is 11.8. The van der Waals surface area contributed by atoms with E-state index in [-0.39, 0.29) is 12.0 Å². The molecule has 1 amide bonds. The zero-order chi connectivity index (χ0) is 12.1. The topological polar surface area (TPSA) is 49.3 Å². The van der Waals surface area contributed by atoms with Crippen LogP contribution in [0.3, 0.4) is 0 Å². The number of carbonyl (C=O) groups excluding carboxylic acids is 1. The largest absolute Gasteiger partial charge is 0.393 e. The number of aryl methyl sites for hydroxylation is 1. The summed E-state index contributed by atoms with van der Waals surface area (Å²) in [6.45, 7) is 4.09. The van der Waals surface area contributed by atoms with Crippen molar-refractivity contribution < 1.29 is 9.90 Å². The van der Waals surface area contributed by atoms with Gasteiger partial charge in [0, 0.05) is 16.6 Å². The molecule has 0 aliphatic rings. The maximum Gasteiger partial charge on any atom is 0.251 e. The van der Waals surface area contributed by atoms with Gasteiger partial charge in [-0.1, -0.05) is 22.0 Å². The first-order chi connectivity index (χ1) is 7.50. The third-order valence-corrected chi connectivity index (χ3v) is 2.79. The van der Waals surface area contributed by atoms with Crippen LogP contribution < -0.4 is 5.32 Å². The Morgan fingerprint density at radius 2 is 2.25 bits per heavy atom. The van der Waals surface area contributed by atoms with Crippen molar-refractivity contribution in [2.45, 2.75) is 26.4 Å². The summed E-state index contributed by atoms with van der Waals surface area (Å²) in [6.07, 6.45) is 0.183. The average molecular weight is 286 g/mol. The molecule has 1 atom stereocenters. The lowest BCUT2D eigenvalue weighted by molar-refractivity contribution is 0.0945. The minimum Gasteiger partial charge on any atom is -0.393 e. The molecule has 0 saturated carbocycles. The Hall–Kier alpha value is -0.870. The molecule has 0 fully saturated rings. The molecule has 16 heavy (non-hydrogen) atoms. The lowest BCUT2D eigenvalue weighted by Gasteiger charge is -2.09. The van der Waals surface area contributed by atoms with Crippen molar-refractivity contribution in [3.8, 4) is 0 Å². The summed E-state index contributed by atoms with van der Waals surface area (Å²) in [7, 11) is 0. The second-order valence-electron chi connectivity index (χ2n) is 3.85. The normalized spacial score (nSPS) is 12.2. The van der Waals surface area contributed by atoms with E-state index in [1.165, 1.54) is 0 Å². The molecule has 0 radical (unpaired) electrons. The van der Waals surface area contributed by atoms with Gasteiger partial charge in [-0.05, 0) is 38.0 Å². The Morgan fingerprint density at radius 3 is 2.88 bits per heavy atom. The molecular weight excluding hydrogens is 270 g/mol. The number of hydrogen-bond donors (Lipinski definition) is 2. The van der Waals surface area contributed by atoms with Gasteiger partial charge in [0.25, 0.3) is 5.91 Å². The molecule has 0 bridgehead atoms. The van der Waals surface area contributed by atoms with E-state index in [2.05, 4.69) is 21.2 Å². The van der Waals surface area contributed by atoms with Crippen molar-refractivity contribution >= 4 is 21.8 Å². The fourth-order valence-corrected chi connectivity index (χ4v) is 1.69. The van der Waals surface area contributed by atoms with Crippen LogP contribution in [0.2, 0.25) is 0 Å². The van der Waals surface area contributed by atoms with Crippen LogP contribution in [0.4, 0.5) is 0 Å². The SMILES string of the molecule is Cc1ccc(Br)cc1C(=O)NCCC(C)O. The first-order valence-electron chi connectivity index (χ1n) is 5.23. The Bertz CT molecular complexity index is 377. The fraction of sp³-hybridized carbons (Fsp3) is 0.417. The highest BCUT2D eigenvalue weighted by Crippen LogP contribution is 2.15. The zero-order valence-electron chi connectivity index (χ0n) is 9.46. The lowest BCUT2D eigenvalue weighted by Crippen LogP contribution is -2.27. The van der Waals surface area contributed by atoms with Gasteiger partial charge in [-0.15, -0.1) is 0 Å². The van der Waals surface area contributed by atoms with Crippen molar-refractivity contribution in [1.82, 2.24) is 5.32 Å². The molecule has 3 nitrogen and oxygen atoms in total. The van der Waals surface area contributed by atoms with Crippen molar-refractivity contribution in [2.75, 3.05) is 6.54 Å². The summed E-state index contributed by atoms with van der Waals surface area (Å²) in [4.78, 5) is 11.8. The van der Waals surface area contributed by atoms with E-state index in [9.17, 15) is 4.79 Å². The molecular formula is C12H16BrNO2. The highest BCUT2D eigenvalue weighted by molar-refractivity contribution is 9.10. The number of aliphatic hydroxyl groups excluding tert-OH is 1. The predicted molar refractivity (Wildman–Crippen MR) is 67.5 cm³/mol. The van der Waals surface area contributed by atoms with Crippen molar-refractivity contribution in [3.63, 3.8) is 0 Å². The van der Waals surface area contributed by atoms with Gasteiger partial charge in [0.1, 0.15) is 0 Å². The molecule has 1 aromatic rings. The number of hydrogen-bond acceptors (Lipinski definition) is 2. The quantitative estimate of drug-likeness (QED) is 0.892. The van der Waals surface area contributed by atoms with Crippen LogP contribution in [0.15, 0.2) is 22.7 Å². The van der Waals surface area contributed by atoms with Crippen molar-refractivity contribution in [1.29, 1.82) is 0 Å². The van der Waals surface area contributed by atoms with Crippen LogP contribution in [-0.2, 0) is 0 Å². The number of amides is 1. The summed E-state index contributed by atoms with van der Waals surface area (Å²) in [6, 6.07) is 5.60. The minimum absolute atomic E-state index is 0.0977. The second-order valence-corrected chi connectivity index (χ2v) is 4.77. The van der Waals surface area contributed by atoms with Crippen molar-refractivity contribution in [2.24, 2.45) is 0 Å². The van der Waals surface area contributed by atoms with E-state index in [1.807, 2.05) is 19.1 Å². The molecule has 1 rings (SSSR count). The van der Waals surface area contributed by atoms with E-state index >= 15 is 0 Å². The van der Waals surface area contributed by atoms with E-state index in [4.69, 9.17) is 5.11 Å². The Balaban J connectivity index is 2.62. The second kappa shape index (κ2) is 6.01. The standard InChI is InChI=1S/C12H16BrNO2/c1-8-3-4-10(13)7-11(8)12(16)14-6-5-9(2)15/h3-4,7,9,15H,5-6H2,1-2H3,(H,14,16). The highest BCUT2D eigenvalue weighted by atomic mass is 79.9. The first kappa shape index (κ1) is 13.2. The van der Waals surface area contributed by atoms with Crippen LogP contribution in [0.1, 0.15) is 29.3 Å². The van der Waals surface area contributed by atoms with Gasteiger partial charge in [-0.2, -0.15) is 0 Å². The van der Waals surface area contributed by atoms with Gasteiger partial charge in [0.05, 0.1) is 6.10 Å². The van der Waals surface area contributed by atoms with Gasteiger partial charge in [-0.25, -0.2) is 0 Å².